The molecule has 0 aromatic rings. The van der Waals surface area contributed by atoms with Gasteiger partial charge < -0.3 is 0 Å². The first kappa shape index (κ1) is 9.84. The van der Waals surface area contributed by atoms with E-state index in [0.717, 1.165) is 15.4 Å². The van der Waals surface area contributed by atoms with E-state index in [1.165, 1.54) is 0 Å². The van der Waals surface area contributed by atoms with E-state index in [0.29, 0.717) is 0 Å². The van der Waals surface area contributed by atoms with Gasteiger partial charge in [-0.05, 0) is 0 Å². The van der Waals surface area contributed by atoms with Crippen molar-refractivity contribution in [1.82, 2.24) is 0 Å². The molecule has 0 aromatic heterocycles. The molecule has 36 valence electrons. The molecule has 0 aliphatic heterocycles. The van der Waals surface area contributed by atoms with Gasteiger partial charge in [-0.1, -0.05) is 0 Å². The van der Waals surface area contributed by atoms with Crippen LogP contribution in [0.25, 0.3) is 0 Å². The fourth-order valence-electron chi connectivity index (χ4n) is 0. The highest BCUT2D eigenvalue weighted by Crippen LogP contribution is 1.80. The van der Waals surface area contributed by atoms with Gasteiger partial charge in [-0.25, -0.2) is 0 Å². The lowest BCUT2D eigenvalue weighted by Gasteiger charge is -1.55. The van der Waals surface area contributed by atoms with Crippen molar-refractivity contribution in [3.05, 3.63) is 0 Å². The molecule has 6 heteroatoms. The largest absolute Gasteiger partial charge is 0.762 e. The molecule has 6 heavy (non-hydrogen) atoms. The summed E-state index contributed by atoms with van der Waals surface area (Å²) in [6, 6.07) is 0. The molecule has 0 nitrogen and oxygen atoms in total. The second kappa shape index (κ2) is 9.18. The molecule has 0 aliphatic carbocycles. The van der Waals surface area contributed by atoms with Crippen molar-refractivity contribution in [3.63, 3.8) is 0 Å². The van der Waals surface area contributed by atoms with Gasteiger partial charge in [-0.15, -0.1) is 0 Å². The normalized spacial score (nSPS) is 5.33. The van der Waals surface area contributed by atoms with E-state index in [1.807, 2.05) is 0 Å². The Kier molecular flexibility index (Phi) is 15.1. The highest BCUT2D eigenvalue weighted by atomic mass is 35.6. The van der Waals surface area contributed by atoms with Crippen LogP contribution >= 0.6 is 10.0 Å². The van der Waals surface area contributed by atoms with Gasteiger partial charge in [-0.3, -0.25) is 23.0 Å². The first-order valence-corrected chi connectivity index (χ1v) is 4.06. The average Bonchev–Trinajstić information content (AvgIpc) is 1.41. The topological polar surface area (TPSA) is 0 Å². The van der Waals surface area contributed by atoms with Crippen molar-refractivity contribution in [2.45, 2.75) is 0 Å². The van der Waals surface area contributed by atoms with Crippen LogP contribution in [-0.2, 0) is 0 Å². The maximum absolute atomic E-state index is 9.67. The molecule has 0 N–H and O–H groups in total. The fraction of sp³-hybridized carbons (Fsp3) is 0. The monoisotopic (exact) mass is 132 g/mol. The standard InChI is InChI=1S/Al.BF3.ClH.2H/c;2-1(3)4;;;/h;;1H;;/q+1;;;;/p-1. The molecule has 0 amide bonds. The molecule has 0 rings (SSSR count). The van der Waals surface area contributed by atoms with Crippen LogP contribution in [-0.4, -0.2) is 22.9 Å². The zero-order valence-electron chi connectivity index (χ0n) is 3.09. The van der Waals surface area contributed by atoms with Crippen molar-refractivity contribution < 1.29 is 12.9 Å². The molecule has 0 saturated carbocycles. The van der Waals surface area contributed by atoms with Gasteiger partial charge >= 0.3 is 22.9 Å². The third kappa shape index (κ3) is 138. The highest BCUT2D eigenvalue weighted by Gasteiger charge is 2.06. The zero-order chi connectivity index (χ0) is 5.58. The Morgan fingerprint density at radius 2 is 1.17 bits per heavy atom. The summed E-state index contributed by atoms with van der Waals surface area (Å²) in [6.07, 6.45) is 0. The van der Waals surface area contributed by atoms with Crippen LogP contribution in [0.2, 0.25) is 0 Å². The molecule has 0 saturated heterocycles. The molecule has 0 aromatic carbocycles. The molecule has 0 aliphatic rings. The van der Waals surface area contributed by atoms with Gasteiger partial charge in [0.2, 0.25) is 0 Å². The van der Waals surface area contributed by atoms with Crippen LogP contribution < -0.4 is 0 Å². The predicted molar refractivity (Wildman–Crippen MR) is 23.5 cm³/mol. The molecular formula is H2AlBClF3. The summed E-state index contributed by atoms with van der Waals surface area (Å²) < 4.78 is 29.0. The van der Waals surface area contributed by atoms with Crippen LogP contribution in [0.1, 0.15) is 0 Å². The quantitative estimate of drug-likeness (QED) is 0.425. The van der Waals surface area contributed by atoms with Crippen molar-refractivity contribution in [3.8, 4) is 0 Å². The summed E-state index contributed by atoms with van der Waals surface area (Å²) in [5.74, 6) is 0. The van der Waals surface area contributed by atoms with E-state index < -0.39 is 7.54 Å². The minimum atomic E-state index is -3.67. The smallest absolute Gasteiger partial charge is 0.273 e. The summed E-state index contributed by atoms with van der Waals surface area (Å²) in [5.41, 5.74) is 0. The van der Waals surface area contributed by atoms with Crippen molar-refractivity contribution in [1.29, 1.82) is 0 Å². The molecular weight excluding hydrogens is 130 g/mol. The van der Waals surface area contributed by atoms with Gasteiger partial charge in [-0.2, -0.15) is 0 Å². The van der Waals surface area contributed by atoms with Crippen LogP contribution in [0.15, 0.2) is 0 Å². The van der Waals surface area contributed by atoms with Crippen molar-refractivity contribution >= 4 is 33.0 Å². The second-order valence-corrected chi connectivity index (χ2v) is 0.247. The minimum absolute atomic E-state index is 0.778. The Morgan fingerprint density at radius 1 is 1.17 bits per heavy atom. The van der Waals surface area contributed by atoms with Gasteiger partial charge in [0.25, 0.3) is 0 Å². The fourth-order valence-corrected chi connectivity index (χ4v) is 0. The van der Waals surface area contributed by atoms with E-state index in [1.54, 1.807) is 0 Å². The van der Waals surface area contributed by atoms with E-state index in [9.17, 15) is 12.9 Å². The van der Waals surface area contributed by atoms with Crippen molar-refractivity contribution in [2.75, 3.05) is 0 Å². The Balaban J connectivity index is 0. The van der Waals surface area contributed by atoms with Crippen molar-refractivity contribution in [2.24, 2.45) is 0 Å². The SMILES string of the molecule is FB(F)F.[AlH2][Cl]. The van der Waals surface area contributed by atoms with E-state index in [-0.39, 0.29) is 0 Å². The summed E-state index contributed by atoms with van der Waals surface area (Å²) in [6.45, 7) is 0. The van der Waals surface area contributed by atoms with Crippen LogP contribution in [0.4, 0.5) is 12.9 Å². The van der Waals surface area contributed by atoms with Gasteiger partial charge in [0.15, 0.2) is 0 Å². The van der Waals surface area contributed by atoms with Gasteiger partial charge in [0, 0.05) is 0 Å². The second-order valence-electron chi connectivity index (χ2n) is 0.247. The summed E-state index contributed by atoms with van der Waals surface area (Å²) in [7, 11) is 1.11. The molecule has 0 unspecified atom stereocenters. The van der Waals surface area contributed by atoms with E-state index >= 15 is 0 Å². The molecule has 0 heterocycles. The predicted octanol–water partition coefficient (Wildman–Crippen LogP) is 0.653. The van der Waals surface area contributed by atoms with E-state index in [2.05, 4.69) is 0 Å². The lowest BCUT2D eigenvalue weighted by atomic mass is 10.5. The molecule has 0 radical (unpaired) electrons. The Bertz CT molecular complexity index is 15.5. The highest BCUT2D eigenvalue weighted by molar-refractivity contribution is 6.80. The maximum atomic E-state index is 9.67. The average molecular weight is 132 g/mol. The lowest BCUT2D eigenvalue weighted by Crippen LogP contribution is -1.76. The first-order chi connectivity index (χ1) is 2.73. The summed E-state index contributed by atoms with van der Waals surface area (Å²) in [4.78, 5) is 0. The Hall–Kier alpha value is 0.677. The zero-order valence-corrected chi connectivity index (χ0v) is 5.85. The maximum Gasteiger partial charge on any atom is 0.762 e. The van der Waals surface area contributed by atoms with Gasteiger partial charge in [0.1, 0.15) is 0 Å². The molecule has 0 spiro atoms. The van der Waals surface area contributed by atoms with Crippen LogP contribution in [0, 0.1) is 0 Å². The first-order valence-electron chi connectivity index (χ1n) is 1.03. The number of hydrogen-bond acceptors (Lipinski definition) is 0. The van der Waals surface area contributed by atoms with Crippen LogP contribution in [0.5, 0.6) is 0 Å². The summed E-state index contributed by atoms with van der Waals surface area (Å²) in [5, 5.41) is 0. The lowest BCUT2D eigenvalue weighted by molar-refractivity contribution is 0.535. The molecule has 0 atom stereocenters. The molecule has 0 bridgehead atoms. The Labute approximate surface area is 46.5 Å². The third-order valence-electron chi connectivity index (χ3n) is 0. The number of rotatable bonds is 0. The number of hydrogen-bond donors (Lipinski definition) is 0. The third-order valence-corrected chi connectivity index (χ3v) is 0. The number of halogens is 4. The van der Waals surface area contributed by atoms with Crippen LogP contribution in [0.3, 0.4) is 0 Å². The Morgan fingerprint density at radius 3 is 1.17 bits per heavy atom. The summed E-state index contributed by atoms with van der Waals surface area (Å²) >= 11 is 0.778. The minimum Gasteiger partial charge on any atom is -0.273 e. The van der Waals surface area contributed by atoms with E-state index in [4.69, 9.17) is 10.0 Å². The molecule has 0 fully saturated rings. The van der Waals surface area contributed by atoms with Gasteiger partial charge in [0.05, 0.1) is 0 Å².